The molecule has 0 saturated heterocycles. The Labute approximate surface area is 175 Å². The van der Waals surface area contributed by atoms with Gasteiger partial charge in [-0.2, -0.15) is 0 Å². The molecule has 0 radical (unpaired) electrons. The van der Waals surface area contributed by atoms with Gasteiger partial charge in [0.25, 0.3) is 0 Å². The van der Waals surface area contributed by atoms with Gasteiger partial charge < -0.3 is 20.4 Å². The molecule has 4 rings (SSSR count). The van der Waals surface area contributed by atoms with Crippen molar-refractivity contribution in [1.82, 2.24) is 0 Å². The van der Waals surface area contributed by atoms with E-state index in [-0.39, 0.29) is 36.4 Å². The number of allylic oxidation sites excluding steroid dienone is 4. The van der Waals surface area contributed by atoms with E-state index in [4.69, 9.17) is 5.11 Å². The number of Topliss-reactive ketones (excluding diaryl/α,β-unsaturated/α-hetero) is 1. The van der Waals surface area contributed by atoms with Gasteiger partial charge in [-0.1, -0.05) is 25.5 Å². The molecule has 0 amide bonds. The summed E-state index contributed by atoms with van der Waals surface area (Å²) in [4.78, 5) is 35.8. The summed E-state index contributed by atoms with van der Waals surface area (Å²) in [5.41, 5.74) is -2.23. The molecule has 8 atom stereocenters. The molecule has 7 heteroatoms. The van der Waals surface area contributed by atoms with E-state index in [0.717, 1.165) is 18.4 Å². The van der Waals surface area contributed by atoms with Crippen LogP contribution in [0.15, 0.2) is 23.8 Å². The molecule has 1 unspecified atom stereocenters. The number of hydrogen-bond donors (Lipinski definition) is 4. The minimum absolute atomic E-state index is 0.0377. The molecular weight excluding hydrogens is 388 g/mol. The standard InChI is InChI=1S/C23H30O7/c1-21-7-5-13(24)9-12(21)3-4-14-15-6-8-23(30,20(29)16(25)10-18(27)28)22(15,2)11-17(26)19(14)21/h5,7,9,14-17,19,25-26,30H,3-4,6,8,10-11H2,1-2H3,(H,27,28)/t14-,15-,16?,17-,19+,21-,22-,23-/m0/s1. The third-order valence-electron chi connectivity index (χ3n) is 8.73. The van der Waals surface area contributed by atoms with Crippen molar-refractivity contribution in [2.75, 3.05) is 0 Å². The fourth-order valence-electron chi connectivity index (χ4n) is 7.27. The lowest BCUT2D eigenvalue weighted by molar-refractivity contribution is -0.183. The first-order valence-electron chi connectivity index (χ1n) is 10.7. The first-order valence-corrected chi connectivity index (χ1v) is 10.7. The third-order valence-corrected chi connectivity index (χ3v) is 8.73. The first kappa shape index (κ1) is 21.4. The van der Waals surface area contributed by atoms with Crippen LogP contribution in [-0.4, -0.2) is 55.8 Å². The highest BCUT2D eigenvalue weighted by molar-refractivity contribution is 6.01. The Morgan fingerprint density at radius 2 is 1.97 bits per heavy atom. The zero-order valence-corrected chi connectivity index (χ0v) is 17.4. The maximum Gasteiger partial charge on any atom is 0.306 e. The second-order valence-corrected chi connectivity index (χ2v) is 10.1. The van der Waals surface area contributed by atoms with Crippen molar-refractivity contribution in [2.45, 2.75) is 70.2 Å². The largest absolute Gasteiger partial charge is 0.481 e. The normalized spacial score (nSPS) is 45.8. The highest BCUT2D eigenvalue weighted by Gasteiger charge is 2.68. The lowest BCUT2D eigenvalue weighted by Gasteiger charge is -2.59. The molecule has 0 bridgehead atoms. The van der Waals surface area contributed by atoms with E-state index in [1.54, 1.807) is 19.1 Å². The van der Waals surface area contributed by atoms with Crippen LogP contribution in [0.4, 0.5) is 0 Å². The zero-order chi connectivity index (χ0) is 22.1. The molecule has 30 heavy (non-hydrogen) atoms. The Bertz CT molecular complexity index is 860. The smallest absolute Gasteiger partial charge is 0.306 e. The van der Waals surface area contributed by atoms with Crippen molar-refractivity contribution >= 4 is 17.5 Å². The minimum atomic E-state index is -1.87. The van der Waals surface area contributed by atoms with Crippen LogP contribution in [0, 0.1) is 28.6 Å². The monoisotopic (exact) mass is 418 g/mol. The second kappa shape index (κ2) is 6.84. The van der Waals surface area contributed by atoms with E-state index < -0.39 is 46.8 Å². The number of aliphatic carboxylic acids is 1. The van der Waals surface area contributed by atoms with Crippen molar-refractivity contribution in [1.29, 1.82) is 0 Å². The Hall–Kier alpha value is -1.83. The van der Waals surface area contributed by atoms with Crippen LogP contribution < -0.4 is 0 Å². The molecular formula is C23H30O7. The van der Waals surface area contributed by atoms with Crippen LogP contribution >= 0.6 is 0 Å². The molecule has 4 N–H and O–H groups in total. The van der Waals surface area contributed by atoms with Gasteiger partial charge in [0, 0.05) is 16.7 Å². The quantitative estimate of drug-likeness (QED) is 0.542. The van der Waals surface area contributed by atoms with Crippen LogP contribution in [0.3, 0.4) is 0 Å². The number of aliphatic hydroxyl groups excluding tert-OH is 2. The Morgan fingerprint density at radius 3 is 2.63 bits per heavy atom. The number of ketones is 2. The molecule has 0 aromatic heterocycles. The molecule has 0 aliphatic heterocycles. The van der Waals surface area contributed by atoms with Crippen LogP contribution in [0.25, 0.3) is 0 Å². The van der Waals surface area contributed by atoms with Gasteiger partial charge in [0.1, 0.15) is 11.7 Å². The molecule has 4 aliphatic carbocycles. The van der Waals surface area contributed by atoms with Crippen molar-refractivity contribution in [3.8, 4) is 0 Å². The van der Waals surface area contributed by atoms with Gasteiger partial charge in [-0.25, -0.2) is 0 Å². The molecule has 0 aromatic rings. The van der Waals surface area contributed by atoms with Gasteiger partial charge in [0.2, 0.25) is 0 Å². The molecule has 0 aromatic carbocycles. The van der Waals surface area contributed by atoms with E-state index in [9.17, 15) is 29.7 Å². The number of carboxylic acids is 1. The average Bonchev–Trinajstić information content (AvgIpc) is 2.92. The highest BCUT2D eigenvalue weighted by atomic mass is 16.4. The third kappa shape index (κ3) is 2.78. The Kier molecular flexibility index (Phi) is 4.88. The molecule has 0 heterocycles. The van der Waals surface area contributed by atoms with Gasteiger partial charge in [-0.3, -0.25) is 14.4 Å². The summed E-state index contributed by atoms with van der Waals surface area (Å²) in [7, 11) is 0. The fraction of sp³-hybridized carbons (Fsp3) is 0.696. The van der Waals surface area contributed by atoms with Crippen molar-refractivity contribution in [2.24, 2.45) is 28.6 Å². The van der Waals surface area contributed by atoms with Crippen molar-refractivity contribution in [3.63, 3.8) is 0 Å². The van der Waals surface area contributed by atoms with Crippen LogP contribution in [-0.2, 0) is 14.4 Å². The molecule has 4 aliphatic rings. The zero-order valence-electron chi connectivity index (χ0n) is 17.4. The number of carbonyl (C=O) groups excluding carboxylic acids is 2. The maximum absolute atomic E-state index is 13.0. The van der Waals surface area contributed by atoms with E-state index in [1.165, 1.54) is 0 Å². The minimum Gasteiger partial charge on any atom is -0.481 e. The Balaban J connectivity index is 1.68. The fourth-order valence-corrected chi connectivity index (χ4v) is 7.27. The number of rotatable bonds is 4. The summed E-state index contributed by atoms with van der Waals surface area (Å²) in [5, 5.41) is 41.8. The van der Waals surface area contributed by atoms with Crippen molar-refractivity contribution in [3.05, 3.63) is 23.8 Å². The summed E-state index contributed by atoms with van der Waals surface area (Å²) in [6.45, 7) is 3.84. The number of hydrogen-bond acceptors (Lipinski definition) is 6. The van der Waals surface area contributed by atoms with Crippen LogP contribution in [0.5, 0.6) is 0 Å². The molecule has 164 valence electrons. The molecule has 0 spiro atoms. The lowest BCUT2D eigenvalue weighted by atomic mass is 9.46. The SMILES string of the molecule is C[C@]12C=CC(=O)C=C1CC[C@@H]1[C@@H]2[C@@H](O)C[C@@]2(C)[C@H]1CC[C@]2(O)C(=O)C(O)CC(=O)O. The Morgan fingerprint density at radius 1 is 1.27 bits per heavy atom. The maximum atomic E-state index is 13.0. The second-order valence-electron chi connectivity index (χ2n) is 10.1. The topological polar surface area (TPSA) is 132 Å². The van der Waals surface area contributed by atoms with E-state index in [0.29, 0.717) is 6.42 Å². The summed E-state index contributed by atoms with van der Waals surface area (Å²) in [5.74, 6) is -2.31. The molecule has 7 nitrogen and oxygen atoms in total. The molecule has 3 saturated carbocycles. The van der Waals surface area contributed by atoms with Crippen LogP contribution in [0.2, 0.25) is 0 Å². The predicted molar refractivity (Wildman–Crippen MR) is 106 cm³/mol. The number of carbonyl (C=O) groups is 3. The molecule has 3 fully saturated rings. The van der Waals surface area contributed by atoms with Crippen molar-refractivity contribution < 1.29 is 34.8 Å². The van der Waals surface area contributed by atoms with Gasteiger partial charge in [0.15, 0.2) is 11.6 Å². The summed E-state index contributed by atoms with van der Waals surface area (Å²) in [6, 6.07) is 0. The summed E-state index contributed by atoms with van der Waals surface area (Å²) < 4.78 is 0. The highest BCUT2D eigenvalue weighted by Crippen LogP contribution is 2.67. The number of fused-ring (bicyclic) bond motifs is 5. The number of aliphatic hydroxyl groups is 3. The number of carboxylic acid groups (broad SMARTS) is 1. The van der Waals surface area contributed by atoms with Gasteiger partial charge in [-0.15, -0.1) is 0 Å². The van der Waals surface area contributed by atoms with Crippen LogP contribution in [0.1, 0.15) is 52.4 Å². The van der Waals surface area contributed by atoms with Gasteiger partial charge in [0.05, 0.1) is 12.5 Å². The average molecular weight is 418 g/mol. The van der Waals surface area contributed by atoms with E-state index >= 15 is 0 Å². The van der Waals surface area contributed by atoms with Gasteiger partial charge >= 0.3 is 5.97 Å². The summed E-state index contributed by atoms with van der Waals surface area (Å²) in [6.07, 6.45) is 4.20. The predicted octanol–water partition coefficient (Wildman–Crippen LogP) is 1.40. The van der Waals surface area contributed by atoms with E-state index in [1.807, 2.05) is 13.0 Å². The van der Waals surface area contributed by atoms with Gasteiger partial charge in [-0.05, 0) is 56.1 Å². The summed E-state index contributed by atoms with van der Waals surface area (Å²) >= 11 is 0. The van der Waals surface area contributed by atoms with E-state index in [2.05, 4.69) is 0 Å². The first-order chi connectivity index (χ1) is 13.9. The lowest BCUT2D eigenvalue weighted by Crippen LogP contribution is -2.62.